The Morgan fingerprint density at radius 2 is 1.90 bits per heavy atom. The molecule has 0 heterocycles. The van der Waals surface area contributed by atoms with E-state index in [0.717, 1.165) is 0 Å². The molecule has 5 nitrogen and oxygen atoms in total. The van der Waals surface area contributed by atoms with Crippen molar-refractivity contribution in [2.24, 2.45) is 22.7 Å². The first-order valence-electron chi connectivity index (χ1n) is 6.96. The third-order valence-electron chi connectivity index (χ3n) is 4.18. The zero-order valence-electron chi connectivity index (χ0n) is 12.2. The number of carbonyl (C=O) groups excluding carboxylic acids is 1. The van der Waals surface area contributed by atoms with Crippen LogP contribution in [0.4, 0.5) is 13.2 Å². The highest BCUT2D eigenvalue weighted by atomic mass is 19.4. The lowest BCUT2D eigenvalue weighted by Gasteiger charge is -2.33. The predicted octanol–water partition coefficient (Wildman–Crippen LogP) is 2.34. The van der Waals surface area contributed by atoms with E-state index in [9.17, 15) is 18.0 Å². The lowest BCUT2D eigenvalue weighted by molar-refractivity contribution is -0.185. The van der Waals surface area contributed by atoms with Crippen molar-refractivity contribution in [1.29, 1.82) is 0 Å². The van der Waals surface area contributed by atoms with Gasteiger partial charge in [0, 0.05) is 25.4 Å². The topological polar surface area (TPSA) is 78.9 Å². The van der Waals surface area contributed by atoms with Crippen LogP contribution in [0.3, 0.4) is 0 Å². The standard InChI is InChI=1S/C13H22F3N3O2/c1-8(7-11(17)18-21)19(2)12(20)9-3-5-10(6-4-9)13(14,15)16/h8-10,21H,3-7H2,1-2H3,(H2,17,18). The van der Waals surface area contributed by atoms with E-state index in [1.165, 1.54) is 4.90 Å². The minimum atomic E-state index is -4.17. The number of oxime groups is 1. The second-order valence-electron chi connectivity index (χ2n) is 5.68. The van der Waals surface area contributed by atoms with E-state index in [-0.39, 0.29) is 55.8 Å². The number of carbonyl (C=O) groups is 1. The van der Waals surface area contributed by atoms with Crippen molar-refractivity contribution in [2.45, 2.75) is 51.2 Å². The van der Waals surface area contributed by atoms with Gasteiger partial charge in [-0.15, -0.1) is 0 Å². The quantitative estimate of drug-likeness (QED) is 0.362. The van der Waals surface area contributed by atoms with Crippen LogP contribution in [-0.4, -0.2) is 41.1 Å². The van der Waals surface area contributed by atoms with E-state index < -0.39 is 12.1 Å². The van der Waals surface area contributed by atoms with Gasteiger partial charge in [0.15, 0.2) is 0 Å². The summed E-state index contributed by atoms with van der Waals surface area (Å²) < 4.78 is 37.8. The van der Waals surface area contributed by atoms with Crippen LogP contribution in [0.1, 0.15) is 39.0 Å². The Hall–Kier alpha value is -1.47. The van der Waals surface area contributed by atoms with Gasteiger partial charge in [-0.3, -0.25) is 4.79 Å². The van der Waals surface area contributed by atoms with E-state index >= 15 is 0 Å². The second-order valence-corrected chi connectivity index (χ2v) is 5.68. The molecule has 8 heteroatoms. The molecule has 1 aliphatic carbocycles. The van der Waals surface area contributed by atoms with Crippen LogP contribution in [0.5, 0.6) is 0 Å². The van der Waals surface area contributed by atoms with Gasteiger partial charge in [-0.05, 0) is 32.6 Å². The maximum Gasteiger partial charge on any atom is 0.391 e. The molecule has 1 amide bonds. The molecule has 0 aromatic carbocycles. The average Bonchev–Trinajstić information content (AvgIpc) is 2.44. The number of nitrogens with zero attached hydrogens (tertiary/aromatic N) is 2. The molecular formula is C13H22F3N3O2. The van der Waals surface area contributed by atoms with Crippen molar-refractivity contribution < 1.29 is 23.2 Å². The SMILES string of the molecule is CC(CC(N)=NO)N(C)C(=O)C1CCC(C(F)(F)F)CC1. The van der Waals surface area contributed by atoms with Crippen molar-refractivity contribution >= 4 is 11.7 Å². The maximum atomic E-state index is 12.6. The Kier molecular flexibility index (Phi) is 5.86. The van der Waals surface area contributed by atoms with Gasteiger partial charge in [-0.1, -0.05) is 5.16 Å². The Bertz CT molecular complexity index is 391. The van der Waals surface area contributed by atoms with Crippen molar-refractivity contribution in [3.8, 4) is 0 Å². The highest BCUT2D eigenvalue weighted by Crippen LogP contribution is 2.40. The van der Waals surface area contributed by atoms with Crippen LogP contribution < -0.4 is 5.73 Å². The van der Waals surface area contributed by atoms with Crippen LogP contribution in [0.2, 0.25) is 0 Å². The molecule has 1 aliphatic rings. The number of rotatable bonds is 4. The maximum absolute atomic E-state index is 12.6. The van der Waals surface area contributed by atoms with E-state index in [4.69, 9.17) is 10.9 Å². The largest absolute Gasteiger partial charge is 0.409 e. The normalized spacial score (nSPS) is 25.5. The van der Waals surface area contributed by atoms with Gasteiger partial charge in [-0.25, -0.2) is 0 Å². The number of halogens is 3. The number of hydrogen-bond donors (Lipinski definition) is 2. The highest BCUT2D eigenvalue weighted by Gasteiger charge is 2.43. The summed E-state index contributed by atoms with van der Waals surface area (Å²) in [5.74, 6) is -1.82. The summed E-state index contributed by atoms with van der Waals surface area (Å²) in [5, 5.41) is 11.4. The Morgan fingerprint density at radius 3 is 2.33 bits per heavy atom. The van der Waals surface area contributed by atoms with Crippen LogP contribution in [0.15, 0.2) is 5.16 Å². The van der Waals surface area contributed by atoms with Crippen LogP contribution in [0, 0.1) is 11.8 Å². The fraction of sp³-hybridized carbons (Fsp3) is 0.846. The highest BCUT2D eigenvalue weighted by molar-refractivity contribution is 5.82. The third-order valence-corrected chi connectivity index (χ3v) is 4.18. The van der Waals surface area contributed by atoms with E-state index in [1.54, 1.807) is 14.0 Å². The van der Waals surface area contributed by atoms with Gasteiger partial charge in [0.05, 0.1) is 5.92 Å². The van der Waals surface area contributed by atoms with Gasteiger partial charge in [0.2, 0.25) is 5.91 Å². The minimum absolute atomic E-state index is 0.00235. The molecule has 1 atom stereocenters. The first-order valence-corrected chi connectivity index (χ1v) is 6.96. The first kappa shape index (κ1) is 17.6. The fourth-order valence-electron chi connectivity index (χ4n) is 2.65. The molecule has 3 N–H and O–H groups in total. The zero-order valence-corrected chi connectivity index (χ0v) is 12.2. The minimum Gasteiger partial charge on any atom is -0.409 e. The van der Waals surface area contributed by atoms with Gasteiger partial charge in [0.1, 0.15) is 5.84 Å². The smallest absolute Gasteiger partial charge is 0.391 e. The molecule has 1 saturated carbocycles. The van der Waals surface area contributed by atoms with Crippen LogP contribution >= 0.6 is 0 Å². The number of nitrogens with two attached hydrogens (primary N) is 1. The molecule has 21 heavy (non-hydrogen) atoms. The van der Waals surface area contributed by atoms with Crippen molar-refractivity contribution in [2.75, 3.05) is 7.05 Å². The zero-order chi connectivity index (χ0) is 16.2. The lowest BCUT2D eigenvalue weighted by atomic mass is 9.81. The number of amidine groups is 1. The monoisotopic (exact) mass is 309 g/mol. The Labute approximate surface area is 122 Å². The lowest BCUT2D eigenvalue weighted by Crippen LogP contribution is -2.42. The number of amides is 1. The van der Waals surface area contributed by atoms with E-state index in [1.807, 2.05) is 0 Å². The summed E-state index contributed by atoms with van der Waals surface area (Å²) in [6, 6.07) is -0.270. The second kappa shape index (κ2) is 7.00. The van der Waals surface area contributed by atoms with Crippen LogP contribution in [-0.2, 0) is 4.79 Å². The molecular weight excluding hydrogens is 287 g/mol. The Balaban J connectivity index is 2.53. The molecule has 1 rings (SSSR count). The van der Waals surface area contributed by atoms with E-state index in [0.29, 0.717) is 0 Å². The summed E-state index contributed by atoms with van der Waals surface area (Å²) >= 11 is 0. The Morgan fingerprint density at radius 1 is 1.38 bits per heavy atom. The molecule has 0 bridgehead atoms. The molecule has 122 valence electrons. The van der Waals surface area contributed by atoms with Crippen LogP contribution in [0.25, 0.3) is 0 Å². The summed E-state index contributed by atoms with van der Waals surface area (Å²) in [6.07, 6.45) is -3.44. The third kappa shape index (κ3) is 4.78. The molecule has 0 saturated heterocycles. The molecule has 0 aromatic rings. The molecule has 0 radical (unpaired) electrons. The predicted molar refractivity (Wildman–Crippen MR) is 71.8 cm³/mol. The number of alkyl halides is 3. The van der Waals surface area contributed by atoms with Crippen molar-refractivity contribution in [3.63, 3.8) is 0 Å². The summed E-state index contributed by atoms with van der Waals surface area (Å²) in [7, 11) is 1.59. The molecule has 1 unspecified atom stereocenters. The first-order chi connectivity index (χ1) is 9.66. The van der Waals surface area contributed by atoms with Gasteiger partial charge in [-0.2, -0.15) is 13.2 Å². The van der Waals surface area contributed by atoms with Gasteiger partial charge >= 0.3 is 6.18 Å². The summed E-state index contributed by atoms with van der Waals surface area (Å²) in [5.41, 5.74) is 5.39. The van der Waals surface area contributed by atoms with Crippen molar-refractivity contribution in [1.82, 2.24) is 4.90 Å². The van der Waals surface area contributed by atoms with E-state index in [2.05, 4.69) is 5.16 Å². The summed E-state index contributed by atoms with van der Waals surface area (Å²) in [6.45, 7) is 1.75. The molecule has 0 aliphatic heterocycles. The molecule has 0 aromatic heterocycles. The molecule has 1 fully saturated rings. The summed E-state index contributed by atoms with van der Waals surface area (Å²) in [4.78, 5) is 13.7. The number of hydrogen-bond acceptors (Lipinski definition) is 3. The van der Waals surface area contributed by atoms with Gasteiger partial charge < -0.3 is 15.8 Å². The van der Waals surface area contributed by atoms with Crippen molar-refractivity contribution in [3.05, 3.63) is 0 Å². The average molecular weight is 309 g/mol. The molecule has 0 spiro atoms. The fourth-order valence-corrected chi connectivity index (χ4v) is 2.65. The van der Waals surface area contributed by atoms with Gasteiger partial charge in [0.25, 0.3) is 0 Å².